The van der Waals surface area contributed by atoms with E-state index in [0.29, 0.717) is 12.5 Å². The quantitative estimate of drug-likeness (QED) is 0.529. The largest absolute Gasteiger partial charge is 0.416 e. The maximum Gasteiger partial charge on any atom is 0.416 e. The summed E-state index contributed by atoms with van der Waals surface area (Å²) in [7, 11) is 0. The van der Waals surface area contributed by atoms with Crippen LogP contribution in [0.2, 0.25) is 0 Å². The molecule has 1 unspecified atom stereocenters. The molecule has 0 radical (unpaired) electrons. The fourth-order valence-corrected chi connectivity index (χ4v) is 2.24. The van der Waals surface area contributed by atoms with Gasteiger partial charge in [-0.3, -0.25) is 0 Å². The van der Waals surface area contributed by atoms with Crippen molar-refractivity contribution >= 4 is 0 Å². The van der Waals surface area contributed by atoms with Crippen molar-refractivity contribution in [1.82, 2.24) is 0 Å². The van der Waals surface area contributed by atoms with Gasteiger partial charge in [0.15, 0.2) is 5.41 Å². The number of rotatable bonds is 3. The van der Waals surface area contributed by atoms with Crippen molar-refractivity contribution in [3.05, 3.63) is 34.9 Å². The summed E-state index contributed by atoms with van der Waals surface area (Å²) in [5.74, 6) is -0.442. The smallest absolute Gasteiger partial charge is 0.170 e. The van der Waals surface area contributed by atoms with Gasteiger partial charge in [0.1, 0.15) is 0 Å². The van der Waals surface area contributed by atoms with E-state index < -0.39 is 41.0 Å². The second-order valence-corrected chi connectivity index (χ2v) is 5.73. The van der Waals surface area contributed by atoms with Gasteiger partial charge in [0.05, 0.1) is 5.56 Å². The highest BCUT2D eigenvalue weighted by molar-refractivity contribution is 5.42. The number of hydrogen-bond donors (Lipinski definition) is 0. The molecule has 1 aromatic rings. The van der Waals surface area contributed by atoms with Gasteiger partial charge in [0.25, 0.3) is 0 Å². The van der Waals surface area contributed by atoms with Crippen LogP contribution >= 0.6 is 0 Å². The maximum absolute atomic E-state index is 13.2. The highest BCUT2D eigenvalue weighted by Gasteiger charge is 2.69. The second-order valence-electron chi connectivity index (χ2n) is 5.73. The Morgan fingerprint density at radius 2 is 1.29 bits per heavy atom. The van der Waals surface area contributed by atoms with Gasteiger partial charge in [-0.2, -0.15) is 39.5 Å². The van der Waals surface area contributed by atoms with Crippen LogP contribution in [0.1, 0.15) is 49.8 Å². The van der Waals surface area contributed by atoms with E-state index in [9.17, 15) is 39.5 Å². The van der Waals surface area contributed by atoms with Crippen molar-refractivity contribution in [3.8, 4) is 0 Å². The van der Waals surface area contributed by atoms with E-state index in [4.69, 9.17) is 0 Å². The van der Waals surface area contributed by atoms with Gasteiger partial charge < -0.3 is 0 Å². The highest BCUT2D eigenvalue weighted by Crippen LogP contribution is 2.54. The zero-order valence-corrected chi connectivity index (χ0v) is 12.9. The van der Waals surface area contributed by atoms with Gasteiger partial charge in [0.2, 0.25) is 0 Å². The summed E-state index contributed by atoms with van der Waals surface area (Å²) in [6.07, 6.45) is -16.9. The molecule has 1 atom stereocenters. The number of benzene rings is 1. The van der Waals surface area contributed by atoms with Crippen molar-refractivity contribution in [2.24, 2.45) is 0 Å². The van der Waals surface area contributed by atoms with Crippen LogP contribution in [-0.2, 0) is 11.6 Å². The Balaban J connectivity index is 3.80. The Bertz CT molecular complexity index is 564. The molecule has 0 nitrogen and oxygen atoms in total. The summed E-state index contributed by atoms with van der Waals surface area (Å²) >= 11 is 0. The Hall–Kier alpha value is -1.41. The summed E-state index contributed by atoms with van der Waals surface area (Å²) in [6.45, 7) is 2.89. The van der Waals surface area contributed by atoms with Crippen molar-refractivity contribution in [1.29, 1.82) is 0 Å². The predicted molar refractivity (Wildman–Crippen MR) is 69.6 cm³/mol. The van der Waals surface area contributed by atoms with E-state index in [-0.39, 0.29) is 18.6 Å². The Kier molecular flexibility index (Phi) is 5.28. The van der Waals surface area contributed by atoms with Crippen molar-refractivity contribution in [2.75, 3.05) is 0 Å². The third-order valence-electron chi connectivity index (χ3n) is 4.20. The summed E-state index contributed by atoms with van der Waals surface area (Å²) in [5, 5.41) is 0. The second kappa shape index (κ2) is 6.15. The normalized spacial score (nSPS) is 15.5. The van der Waals surface area contributed by atoms with Gasteiger partial charge in [-0.1, -0.05) is 26.0 Å². The minimum absolute atomic E-state index is 0.0280. The molecule has 0 fully saturated rings. The molecular weight excluding hydrogens is 351 g/mol. The van der Waals surface area contributed by atoms with E-state index in [0.717, 1.165) is 6.07 Å². The molecule has 0 aliphatic carbocycles. The number of hydrogen-bond acceptors (Lipinski definition) is 0. The predicted octanol–water partition coefficient (Wildman–Crippen LogP) is 6.60. The van der Waals surface area contributed by atoms with Gasteiger partial charge in [-0.15, -0.1) is 0 Å². The van der Waals surface area contributed by atoms with Gasteiger partial charge in [-0.05, 0) is 36.5 Å². The molecule has 0 aromatic heterocycles. The summed E-state index contributed by atoms with van der Waals surface area (Å²) in [5.41, 5.74) is -8.36. The molecular formula is C15H15F9. The van der Waals surface area contributed by atoms with Crippen LogP contribution in [0.15, 0.2) is 18.2 Å². The fraction of sp³-hybridized carbons (Fsp3) is 0.600. The van der Waals surface area contributed by atoms with Crippen molar-refractivity contribution in [2.45, 2.75) is 57.1 Å². The summed E-state index contributed by atoms with van der Waals surface area (Å²) in [6, 6.07) is 1.54. The lowest BCUT2D eigenvalue weighted by Gasteiger charge is -2.36. The molecule has 0 spiro atoms. The van der Waals surface area contributed by atoms with E-state index in [2.05, 4.69) is 0 Å². The third-order valence-corrected chi connectivity index (χ3v) is 4.20. The first-order valence-electron chi connectivity index (χ1n) is 6.92. The van der Waals surface area contributed by atoms with Gasteiger partial charge >= 0.3 is 18.5 Å². The molecule has 1 aromatic carbocycles. The highest BCUT2D eigenvalue weighted by atomic mass is 19.4. The van der Waals surface area contributed by atoms with Gasteiger partial charge in [0, 0.05) is 0 Å². The Labute approximate surface area is 132 Å². The van der Waals surface area contributed by atoms with E-state index in [1.165, 1.54) is 6.92 Å². The molecule has 0 saturated carbocycles. The molecule has 0 amide bonds. The lowest BCUT2D eigenvalue weighted by atomic mass is 9.77. The summed E-state index contributed by atoms with van der Waals surface area (Å²) < 4.78 is 118. The Morgan fingerprint density at radius 3 is 1.62 bits per heavy atom. The summed E-state index contributed by atoms with van der Waals surface area (Å²) in [4.78, 5) is 0. The van der Waals surface area contributed by atoms with Crippen LogP contribution in [0.4, 0.5) is 39.5 Å². The molecule has 138 valence electrons. The zero-order chi connectivity index (χ0) is 19.1. The molecule has 0 heterocycles. The lowest BCUT2D eigenvalue weighted by Crippen LogP contribution is -2.52. The number of alkyl halides is 9. The van der Waals surface area contributed by atoms with Crippen LogP contribution in [0.3, 0.4) is 0 Å². The molecule has 0 aliphatic heterocycles. The average molecular weight is 366 g/mol. The molecule has 0 aliphatic rings. The first-order chi connectivity index (χ1) is 10.6. The minimum Gasteiger partial charge on any atom is -0.170 e. The monoisotopic (exact) mass is 366 g/mol. The molecule has 1 rings (SSSR count). The SMILES string of the molecule is CCC(C)c1ccc(C(C)(C(F)(F)F)C(F)(F)F)c(C(F)(F)F)c1. The zero-order valence-electron chi connectivity index (χ0n) is 12.9. The topological polar surface area (TPSA) is 0 Å². The molecule has 0 saturated heterocycles. The van der Waals surface area contributed by atoms with Crippen LogP contribution in [0.5, 0.6) is 0 Å². The molecule has 0 bridgehead atoms. The van der Waals surface area contributed by atoms with Crippen molar-refractivity contribution < 1.29 is 39.5 Å². The molecule has 0 N–H and O–H groups in total. The maximum atomic E-state index is 13.2. The van der Waals surface area contributed by atoms with E-state index in [1.807, 2.05) is 0 Å². The first kappa shape index (κ1) is 20.6. The minimum atomic E-state index is -5.94. The lowest BCUT2D eigenvalue weighted by molar-refractivity contribution is -0.298. The Morgan fingerprint density at radius 1 is 0.833 bits per heavy atom. The van der Waals surface area contributed by atoms with Crippen LogP contribution < -0.4 is 0 Å². The molecule has 24 heavy (non-hydrogen) atoms. The number of halogens is 9. The van der Waals surface area contributed by atoms with Crippen LogP contribution in [0.25, 0.3) is 0 Å². The van der Waals surface area contributed by atoms with Crippen LogP contribution in [-0.4, -0.2) is 12.4 Å². The van der Waals surface area contributed by atoms with Crippen LogP contribution in [0, 0.1) is 0 Å². The van der Waals surface area contributed by atoms with E-state index >= 15 is 0 Å². The van der Waals surface area contributed by atoms with E-state index in [1.54, 1.807) is 6.92 Å². The molecule has 9 heteroatoms. The standard InChI is InChI=1S/C15H15F9/c1-4-8(2)9-5-6-10(11(7-9)13(16,17)18)12(3,14(19,20)21)15(22,23)24/h5-8H,4H2,1-3H3. The average Bonchev–Trinajstić information content (AvgIpc) is 2.41. The van der Waals surface area contributed by atoms with Crippen molar-refractivity contribution in [3.63, 3.8) is 0 Å². The third kappa shape index (κ3) is 3.49. The van der Waals surface area contributed by atoms with Gasteiger partial charge in [-0.25, -0.2) is 0 Å². The first-order valence-corrected chi connectivity index (χ1v) is 6.92. The fourth-order valence-electron chi connectivity index (χ4n) is 2.24.